The van der Waals surface area contributed by atoms with Gasteiger partial charge in [0, 0.05) is 175 Å². The summed E-state index contributed by atoms with van der Waals surface area (Å²) in [6.07, 6.45) is 14.7. The number of aryl methyl sites for hydroxylation is 7. The predicted molar refractivity (Wildman–Crippen MR) is 515 cm³/mol. The number of nitrogen functional groups attached to an aromatic ring is 3. The zero-order chi connectivity index (χ0) is 90.4. The highest BCUT2D eigenvalue weighted by atomic mass is 32.1. The fourth-order valence-electron chi connectivity index (χ4n) is 21.1. The van der Waals surface area contributed by atoms with E-state index in [-0.39, 0.29) is 83.1 Å². The summed E-state index contributed by atoms with van der Waals surface area (Å²) < 4.78 is 30.7. The Morgan fingerprint density at radius 1 is 0.519 bits per heavy atom. The van der Waals surface area contributed by atoms with Crippen LogP contribution < -0.4 is 90.1 Å². The van der Waals surface area contributed by atoms with Crippen LogP contribution in [-0.2, 0) is 59.3 Å². The fourth-order valence-corrected chi connectivity index (χ4v) is 24.3. The Hall–Kier alpha value is -11.4. The van der Waals surface area contributed by atoms with Gasteiger partial charge in [0.05, 0.1) is 84.4 Å². The Morgan fingerprint density at radius 3 is 1.50 bits per heavy atom. The minimum Gasteiger partial charge on any atom is -0.491 e. The first kappa shape index (κ1) is 87.5. The number of thiophene rings is 3. The number of carbonyl (C=O) groups is 4. The van der Waals surface area contributed by atoms with Crippen LogP contribution in [0.1, 0.15) is 141 Å². The molecule has 10 atom stereocenters. The van der Waals surface area contributed by atoms with Crippen LogP contribution in [0.5, 0.6) is 11.5 Å². The van der Waals surface area contributed by atoms with Gasteiger partial charge in [-0.3, -0.25) is 19.2 Å². The summed E-state index contributed by atoms with van der Waals surface area (Å²) in [7, 11) is 1.71. The molecule has 0 saturated carbocycles. The number of aromatic nitrogens is 7. The molecule has 31 nitrogen and oxygen atoms in total. The third-order valence-corrected chi connectivity index (χ3v) is 31.2. The van der Waals surface area contributed by atoms with Crippen LogP contribution in [0.4, 0.5) is 40.1 Å². The van der Waals surface area contributed by atoms with Crippen LogP contribution in [0.15, 0.2) is 116 Å². The van der Waals surface area contributed by atoms with Crippen LogP contribution in [0, 0.1) is 27.7 Å². The predicted octanol–water partition coefficient (Wildman–Crippen LogP) is 9.47. The summed E-state index contributed by atoms with van der Waals surface area (Å²) in [5, 5.41) is 19.8. The van der Waals surface area contributed by atoms with Crippen molar-refractivity contribution in [3.05, 3.63) is 192 Å². The number of hydrogen-bond acceptors (Lipinski definition) is 29. The van der Waals surface area contributed by atoms with Crippen molar-refractivity contribution in [2.75, 3.05) is 123 Å². The number of pyridine rings is 6. The molecule has 131 heavy (non-hydrogen) atoms. The summed E-state index contributed by atoms with van der Waals surface area (Å²) in [6, 6.07) is 36.3. The monoisotopic (exact) mass is 1830 g/mol. The Labute approximate surface area is 771 Å². The molecule has 23 rings (SSSR count). The molecule has 0 radical (unpaired) electrons. The van der Waals surface area contributed by atoms with Crippen LogP contribution in [-0.4, -0.2) is 216 Å². The number of amides is 4. The van der Waals surface area contributed by atoms with Crippen molar-refractivity contribution in [1.29, 1.82) is 0 Å². The van der Waals surface area contributed by atoms with Gasteiger partial charge in [0.25, 0.3) is 23.6 Å². The summed E-state index contributed by atoms with van der Waals surface area (Å²) in [4.78, 5) is 93.3. The first-order chi connectivity index (χ1) is 63.3. The first-order valence-corrected chi connectivity index (χ1v) is 48.2. The summed E-state index contributed by atoms with van der Waals surface area (Å²) >= 11 is 4.04. The van der Waals surface area contributed by atoms with E-state index in [9.17, 15) is 19.2 Å². The number of anilines is 7. The molecule has 2 bridgehead atoms. The molecule has 7 fully saturated rings. The first-order valence-electron chi connectivity index (χ1n) is 45.7. The maximum Gasteiger partial charge on any atom is 0.263 e. The van der Waals surface area contributed by atoms with E-state index >= 15 is 0 Å². The van der Waals surface area contributed by atoms with Gasteiger partial charge in [-0.05, 0) is 206 Å². The molecular weight excluding hydrogens is 1710 g/mol. The number of nitrogens with zero attached hydrogens (tertiary/aromatic N) is 11. The van der Waals surface area contributed by atoms with E-state index in [2.05, 4.69) is 138 Å². The molecule has 10 aromatic heterocycles. The second-order valence-corrected chi connectivity index (χ2v) is 40.4. The van der Waals surface area contributed by atoms with Crippen molar-refractivity contribution in [1.82, 2.24) is 61.1 Å². The number of piperazine rings is 1. The average Bonchev–Trinajstić information content (AvgIpc) is 1.62. The van der Waals surface area contributed by atoms with Crippen molar-refractivity contribution in [3.8, 4) is 11.5 Å². The van der Waals surface area contributed by atoms with E-state index in [1.54, 1.807) is 13.3 Å². The van der Waals surface area contributed by atoms with Gasteiger partial charge in [-0.2, -0.15) is 0 Å². The molecule has 2 aromatic carbocycles. The lowest BCUT2D eigenvalue weighted by molar-refractivity contribution is -0.0512. The number of carbonyl (C=O) groups excluding carboxylic acids is 4. The van der Waals surface area contributed by atoms with Crippen LogP contribution in [0.2, 0.25) is 0 Å². The molecule has 19 heterocycles. The molecule has 4 amide bonds. The molecule has 11 aliphatic rings. The normalized spacial score (nSPS) is 23.4. The van der Waals surface area contributed by atoms with Gasteiger partial charge >= 0.3 is 0 Å². The number of ether oxygens (including phenoxy) is 5. The molecule has 2 aliphatic carbocycles. The Balaban J connectivity index is 0.000000109. The number of hydrogen-bond donors (Lipinski definition) is 11. The van der Waals surface area contributed by atoms with Crippen LogP contribution in [0.25, 0.3) is 41.7 Å². The Kier molecular flexibility index (Phi) is 24.0. The smallest absolute Gasteiger partial charge is 0.263 e. The highest BCUT2D eigenvalue weighted by Crippen LogP contribution is 2.45. The number of nitrogens with two attached hydrogens (primary N) is 6. The highest BCUT2D eigenvalue weighted by Gasteiger charge is 2.52. The van der Waals surface area contributed by atoms with E-state index in [0.29, 0.717) is 75.4 Å². The van der Waals surface area contributed by atoms with Gasteiger partial charge in [0.1, 0.15) is 71.1 Å². The number of benzene rings is 2. The maximum atomic E-state index is 13.1. The van der Waals surface area contributed by atoms with E-state index in [0.717, 1.165) is 239 Å². The van der Waals surface area contributed by atoms with E-state index < -0.39 is 0 Å². The summed E-state index contributed by atoms with van der Waals surface area (Å²) in [5.41, 5.74) is 53.6. The van der Waals surface area contributed by atoms with Gasteiger partial charge in [-0.25, -0.2) is 29.9 Å². The molecule has 2 unspecified atom stereocenters. The molecule has 34 heteroatoms. The Morgan fingerprint density at radius 2 is 1.00 bits per heavy atom. The lowest BCUT2D eigenvalue weighted by atomic mass is 9.91. The largest absolute Gasteiger partial charge is 0.491 e. The summed E-state index contributed by atoms with van der Waals surface area (Å²) in [6.45, 7) is 19.8. The van der Waals surface area contributed by atoms with E-state index in [4.69, 9.17) is 68.1 Å². The standard InChI is InChI=1S/C25H30N6OS.C24H30N6O2.2C24H27N5O3S/c1-13-9-14(2)27-25-21(13)22(26)23(33-25)24(32)29-16-6-7-19-15(10-16)3-8-20(30-19)31-11-17-4-5-18(12-31)28-17;1-3-29-9-8-16-10-17(12-26-23(16)29)24(31)27-18-5-6-20-15(11-18)4-7-22(28-20)30-13-19(25)21(14-30)32-2;2*1-13-2-5-18-20(26)21(33-23(18)27-13)22(30)28-16-6-14-3-4-17(7-19(14)32-10-16)29-9-15(25)8-24(29)11-31-12-24/h3,8-9,16-18,28H,4-7,10-12,26H2,1-2H3,(H,29,32);4,7-10,12,18-19,21H,3,5-6,11,13-14,25H2,1-2H3,(H,27,31);2*2-5,7,15-16H,6,8-12,25-26H2,1H3,(H,28,30)/t16-,17?,18?;18-,19-,21-;15-,16+;15-,16-/m0001/s1. The number of rotatable bonds is 14. The van der Waals surface area contributed by atoms with E-state index in [1.807, 2.05) is 76.4 Å². The van der Waals surface area contributed by atoms with Gasteiger partial charge in [0.2, 0.25) is 0 Å². The highest BCUT2D eigenvalue weighted by molar-refractivity contribution is 7.22. The third kappa shape index (κ3) is 17.5. The number of methoxy groups -OCH3 is 1. The van der Waals surface area contributed by atoms with Crippen molar-refractivity contribution in [2.24, 2.45) is 17.2 Å². The molecule has 7 saturated heterocycles. The third-order valence-electron chi connectivity index (χ3n) is 27.9. The molecular formula is C97H114N22O9S3. The zero-order valence-corrected chi connectivity index (χ0v) is 77.2. The second kappa shape index (κ2) is 35.9. The molecule has 2 spiro atoms. The van der Waals surface area contributed by atoms with Crippen molar-refractivity contribution in [2.45, 2.75) is 190 Å². The summed E-state index contributed by atoms with van der Waals surface area (Å²) in [5.74, 6) is 3.27. The average molecular weight is 1830 g/mol. The minimum absolute atomic E-state index is 0.00617. The molecule has 9 aliphatic heterocycles. The lowest BCUT2D eigenvalue weighted by Gasteiger charge is -2.46. The van der Waals surface area contributed by atoms with Crippen molar-refractivity contribution >= 4 is 139 Å². The van der Waals surface area contributed by atoms with Crippen LogP contribution in [0.3, 0.4) is 0 Å². The van der Waals surface area contributed by atoms with Gasteiger partial charge in [0.15, 0.2) is 0 Å². The fraction of sp³-hybridized carbons (Fsp3) is 0.443. The number of fused-ring (bicyclic) bond motifs is 10. The van der Waals surface area contributed by atoms with Gasteiger partial charge in [-0.1, -0.05) is 24.3 Å². The maximum absolute atomic E-state index is 13.1. The van der Waals surface area contributed by atoms with Crippen LogP contribution >= 0.6 is 34.0 Å². The second-order valence-electron chi connectivity index (χ2n) is 37.4. The van der Waals surface area contributed by atoms with Gasteiger partial charge in [-0.15, -0.1) is 34.0 Å². The van der Waals surface area contributed by atoms with Crippen molar-refractivity contribution in [3.63, 3.8) is 0 Å². The minimum atomic E-state index is -0.181. The topological polar surface area (TPSA) is 426 Å². The lowest BCUT2D eigenvalue weighted by Crippen LogP contribution is -2.59. The quantitative estimate of drug-likeness (QED) is 0.0482. The Bertz CT molecular complexity index is 6220. The molecule has 12 aromatic rings. The van der Waals surface area contributed by atoms with Gasteiger partial charge < -0.3 is 109 Å². The van der Waals surface area contributed by atoms with Crippen molar-refractivity contribution < 1.29 is 42.9 Å². The molecule has 684 valence electrons. The number of nitrogens with one attached hydrogen (secondary N) is 5. The SMILES string of the molecule is CCn1ccc2cc(C(=O)N[C@H]3CCc4nc(N5C[C@H](OC)[C@@H](N)C5)ccc4C3)cnc21.Cc1cc(C)c2c(N)c(C(=O)N[C@H]3CCc4nc(N5CC6CCC(C5)N6)ccc4C3)sc2n1.Cc1ccc2c(N)c(C(=O)N[C@H]3COc4cc(N5C[C@@H](N)CC56COC6)ccc4C3)sc2n1.Cc1ccc2c(N)c(C(=O)N[C@H]3COc4cc(N5C[C@H](N)CC56COC6)ccc4C3)sc2n1. The zero-order valence-electron chi connectivity index (χ0n) is 74.7. The van der Waals surface area contributed by atoms with E-state index in [1.165, 1.54) is 63.7 Å². The molecule has 17 N–H and O–H groups in total.